The van der Waals surface area contributed by atoms with Crippen molar-refractivity contribution in [2.24, 2.45) is 0 Å². The lowest BCUT2D eigenvalue weighted by atomic mass is 9.99. The lowest BCUT2D eigenvalue weighted by Crippen LogP contribution is -2.52. The van der Waals surface area contributed by atoms with Gasteiger partial charge in [0, 0.05) is 17.6 Å². The number of aliphatic hydroxyl groups excluding tert-OH is 1. The summed E-state index contributed by atoms with van der Waals surface area (Å²) in [4.78, 5) is 1.95. The molecular weight excluding hydrogens is 367 g/mol. The van der Waals surface area contributed by atoms with E-state index in [1.54, 1.807) is 26.0 Å². The maximum atomic E-state index is 14.1. The molecule has 27 heavy (non-hydrogen) atoms. The highest BCUT2D eigenvalue weighted by Crippen LogP contribution is 2.37. The van der Waals surface area contributed by atoms with Crippen molar-refractivity contribution in [3.8, 4) is 11.8 Å². The van der Waals surface area contributed by atoms with E-state index in [0.717, 1.165) is 18.4 Å². The number of nitriles is 1. The Kier molecular flexibility index (Phi) is 5.71. The molecule has 1 saturated heterocycles. The smallest absolute Gasteiger partial charge is 0.166 e. The number of halogens is 2. The summed E-state index contributed by atoms with van der Waals surface area (Å²) in [5, 5.41) is 20.5. The Hall–Kier alpha value is -2.13. The molecule has 4 nitrogen and oxygen atoms in total. The molecule has 2 unspecified atom stereocenters. The molecule has 0 saturated carbocycles. The van der Waals surface area contributed by atoms with E-state index in [2.05, 4.69) is 6.07 Å². The topological polar surface area (TPSA) is 56.5 Å². The van der Waals surface area contributed by atoms with Gasteiger partial charge in [-0.3, -0.25) is 4.90 Å². The van der Waals surface area contributed by atoms with Crippen molar-refractivity contribution < 1.29 is 14.2 Å². The Bertz CT molecular complexity index is 866. The molecule has 1 aliphatic rings. The van der Waals surface area contributed by atoms with Crippen LogP contribution in [0.4, 0.5) is 4.39 Å². The highest BCUT2D eigenvalue weighted by Gasteiger charge is 2.41. The molecule has 3 rings (SSSR count). The first kappa shape index (κ1) is 19.6. The van der Waals surface area contributed by atoms with Crippen molar-refractivity contribution in [2.75, 3.05) is 6.54 Å². The summed E-state index contributed by atoms with van der Waals surface area (Å²) in [6, 6.07) is 13.7. The van der Waals surface area contributed by atoms with Gasteiger partial charge < -0.3 is 9.84 Å². The third kappa shape index (κ3) is 4.24. The van der Waals surface area contributed by atoms with Crippen LogP contribution in [0.25, 0.3) is 0 Å². The molecule has 0 amide bonds. The minimum absolute atomic E-state index is 0.0220. The van der Waals surface area contributed by atoms with Crippen molar-refractivity contribution in [3.63, 3.8) is 0 Å². The molecule has 1 heterocycles. The van der Waals surface area contributed by atoms with E-state index in [4.69, 9.17) is 21.6 Å². The van der Waals surface area contributed by atoms with Crippen LogP contribution in [0.5, 0.6) is 5.75 Å². The number of benzene rings is 2. The van der Waals surface area contributed by atoms with Crippen LogP contribution in [0, 0.1) is 17.1 Å². The molecule has 1 fully saturated rings. The summed E-state index contributed by atoms with van der Waals surface area (Å²) in [6.45, 7) is 4.15. The number of aliphatic hydroxyl groups is 1. The minimum Gasteiger partial charge on any atom is -0.481 e. The minimum atomic E-state index is -1.05. The monoisotopic (exact) mass is 388 g/mol. The van der Waals surface area contributed by atoms with Crippen molar-refractivity contribution >= 4 is 11.6 Å². The Morgan fingerprint density at radius 1 is 1.33 bits per heavy atom. The molecule has 0 aromatic heterocycles. The molecular formula is C21H22ClFN2O2. The second-order valence-electron chi connectivity index (χ2n) is 7.29. The Balaban J connectivity index is 1.81. The van der Waals surface area contributed by atoms with Crippen molar-refractivity contribution in [1.82, 2.24) is 4.90 Å². The van der Waals surface area contributed by atoms with Crippen molar-refractivity contribution in [2.45, 2.75) is 44.6 Å². The van der Waals surface area contributed by atoms with Gasteiger partial charge in [0.1, 0.15) is 11.8 Å². The van der Waals surface area contributed by atoms with E-state index >= 15 is 0 Å². The number of hydrogen-bond donors (Lipinski definition) is 1. The molecule has 2 atom stereocenters. The van der Waals surface area contributed by atoms with Gasteiger partial charge in [-0.2, -0.15) is 5.26 Å². The van der Waals surface area contributed by atoms with Gasteiger partial charge in [0.2, 0.25) is 0 Å². The number of hydrogen-bond acceptors (Lipinski definition) is 4. The van der Waals surface area contributed by atoms with E-state index in [9.17, 15) is 9.50 Å². The Morgan fingerprint density at radius 3 is 2.81 bits per heavy atom. The van der Waals surface area contributed by atoms with Gasteiger partial charge in [0.25, 0.3) is 0 Å². The van der Waals surface area contributed by atoms with Gasteiger partial charge in [0.05, 0.1) is 11.6 Å². The summed E-state index contributed by atoms with van der Waals surface area (Å²) in [5.74, 6) is -0.520. The molecule has 2 aromatic carbocycles. The summed E-state index contributed by atoms with van der Waals surface area (Å²) >= 11 is 5.79. The maximum Gasteiger partial charge on any atom is 0.166 e. The third-order valence-electron chi connectivity index (χ3n) is 4.90. The lowest BCUT2D eigenvalue weighted by Gasteiger charge is -2.39. The fraction of sp³-hybridized carbons (Fsp3) is 0.381. The first-order valence-electron chi connectivity index (χ1n) is 8.90. The maximum absolute atomic E-state index is 14.1. The first-order chi connectivity index (χ1) is 12.8. The van der Waals surface area contributed by atoms with Gasteiger partial charge in [-0.15, -0.1) is 0 Å². The molecule has 0 spiro atoms. The fourth-order valence-electron chi connectivity index (χ4n) is 3.55. The number of nitrogens with zero attached hydrogens (tertiary/aromatic N) is 2. The van der Waals surface area contributed by atoms with Crippen LogP contribution >= 0.6 is 11.6 Å². The van der Waals surface area contributed by atoms with Gasteiger partial charge in [-0.25, -0.2) is 4.39 Å². The predicted molar refractivity (Wildman–Crippen MR) is 102 cm³/mol. The van der Waals surface area contributed by atoms with Crippen LogP contribution < -0.4 is 4.74 Å². The van der Waals surface area contributed by atoms with Crippen LogP contribution in [-0.4, -0.2) is 28.4 Å². The standard InChI is InChI=1S/C21H22ClFN2O2/c1-21(2,27-19-9-8-16(22)12-17(19)23)20(26)25-10-4-7-18(25)15-6-3-5-14(11-15)13-24/h3,5-6,8-9,11-12,18,20,26H,4,7,10H2,1-2H3. The van der Waals surface area contributed by atoms with Gasteiger partial charge in [0.15, 0.2) is 11.6 Å². The largest absolute Gasteiger partial charge is 0.481 e. The summed E-state index contributed by atoms with van der Waals surface area (Å²) in [6.07, 6.45) is 0.840. The third-order valence-corrected chi connectivity index (χ3v) is 5.13. The van der Waals surface area contributed by atoms with Gasteiger partial charge in [-0.05, 0) is 62.6 Å². The zero-order valence-electron chi connectivity index (χ0n) is 15.3. The van der Waals surface area contributed by atoms with Crippen LogP contribution in [0.3, 0.4) is 0 Å². The Labute approximate surface area is 163 Å². The van der Waals surface area contributed by atoms with E-state index < -0.39 is 17.6 Å². The average Bonchev–Trinajstić information content (AvgIpc) is 3.13. The quantitative estimate of drug-likeness (QED) is 0.809. The second kappa shape index (κ2) is 7.85. The molecule has 1 N–H and O–H groups in total. The molecule has 2 aromatic rings. The van der Waals surface area contributed by atoms with Crippen LogP contribution in [-0.2, 0) is 0 Å². The number of ether oxygens (including phenoxy) is 1. The molecule has 0 bridgehead atoms. The summed E-state index contributed by atoms with van der Waals surface area (Å²) < 4.78 is 19.9. The number of likely N-dealkylation sites (tertiary alicyclic amines) is 1. The molecule has 1 aliphatic heterocycles. The van der Waals surface area contributed by atoms with E-state index in [0.29, 0.717) is 12.1 Å². The summed E-state index contributed by atoms with van der Waals surface area (Å²) in [5.41, 5.74) is 0.524. The molecule has 0 radical (unpaired) electrons. The highest BCUT2D eigenvalue weighted by atomic mass is 35.5. The Morgan fingerprint density at radius 2 is 2.11 bits per heavy atom. The lowest BCUT2D eigenvalue weighted by molar-refractivity contribution is -0.124. The average molecular weight is 389 g/mol. The van der Waals surface area contributed by atoms with E-state index in [-0.39, 0.29) is 16.8 Å². The van der Waals surface area contributed by atoms with Crippen molar-refractivity contribution in [1.29, 1.82) is 5.26 Å². The predicted octanol–water partition coefficient (Wildman–Crippen LogP) is 4.66. The van der Waals surface area contributed by atoms with Gasteiger partial charge in [-0.1, -0.05) is 23.7 Å². The molecule has 0 aliphatic carbocycles. The van der Waals surface area contributed by atoms with E-state index in [1.807, 2.05) is 23.1 Å². The zero-order valence-corrected chi connectivity index (χ0v) is 16.1. The van der Waals surface area contributed by atoms with Crippen LogP contribution in [0.15, 0.2) is 42.5 Å². The SMILES string of the molecule is CC(C)(Oc1ccc(Cl)cc1F)C(O)N1CCCC1c1cccc(C#N)c1. The van der Waals surface area contributed by atoms with Gasteiger partial charge >= 0.3 is 0 Å². The van der Waals surface area contributed by atoms with Crippen LogP contribution in [0.2, 0.25) is 5.02 Å². The van der Waals surface area contributed by atoms with Crippen molar-refractivity contribution in [3.05, 3.63) is 64.4 Å². The first-order valence-corrected chi connectivity index (χ1v) is 9.27. The fourth-order valence-corrected chi connectivity index (χ4v) is 3.71. The molecule has 6 heteroatoms. The normalized spacial score (nSPS) is 18.9. The second-order valence-corrected chi connectivity index (χ2v) is 7.72. The zero-order chi connectivity index (χ0) is 19.6. The highest BCUT2D eigenvalue weighted by molar-refractivity contribution is 6.30. The van der Waals surface area contributed by atoms with Crippen LogP contribution in [0.1, 0.15) is 43.9 Å². The summed E-state index contributed by atoms with van der Waals surface area (Å²) in [7, 11) is 0. The number of rotatable bonds is 5. The van der Waals surface area contributed by atoms with E-state index in [1.165, 1.54) is 12.1 Å². The molecule has 142 valence electrons.